The highest BCUT2D eigenvalue weighted by Gasteiger charge is 1.96. The minimum atomic E-state index is 0.257. The van der Waals surface area contributed by atoms with E-state index in [2.05, 4.69) is 0 Å². The third-order valence-corrected chi connectivity index (χ3v) is 1.63. The monoisotopic (exact) mass is 168 g/mol. The van der Waals surface area contributed by atoms with E-state index in [1.807, 2.05) is 0 Å². The molecule has 1 N–H and O–H groups in total. The predicted octanol–water partition coefficient (Wildman–Crippen LogP) is 3.26. The maximum absolute atomic E-state index is 9.26. The fraction of sp³-hybridized carbons (Fsp3) is 0.111. The lowest BCUT2D eigenvalue weighted by atomic mass is 10.2. The zero-order valence-corrected chi connectivity index (χ0v) is 6.97. The lowest BCUT2D eigenvalue weighted by Gasteiger charge is -1.98. The molecule has 0 aliphatic rings. The summed E-state index contributed by atoms with van der Waals surface area (Å²) in [5.74, 6) is 0.257. The molecule has 1 aromatic carbocycles. The Balaban J connectivity index is 3.06. The van der Waals surface area contributed by atoms with Gasteiger partial charge in [-0.25, -0.2) is 0 Å². The molecule has 0 spiro atoms. The Bertz CT molecular complexity index is 279. The Kier molecular flexibility index (Phi) is 2.55. The third-order valence-electron chi connectivity index (χ3n) is 1.39. The van der Waals surface area contributed by atoms with E-state index in [0.29, 0.717) is 5.02 Å². The van der Waals surface area contributed by atoms with Crippen LogP contribution in [-0.2, 0) is 0 Å². The number of hydrogen-bond acceptors (Lipinski definition) is 1. The van der Waals surface area contributed by atoms with Gasteiger partial charge in [-0.05, 0) is 25.1 Å². The molecule has 0 saturated carbocycles. The summed E-state index contributed by atoms with van der Waals surface area (Å²) in [4.78, 5) is 0. The van der Waals surface area contributed by atoms with Crippen LogP contribution in [0.5, 0.6) is 0 Å². The Hall–Kier alpha value is -0.950. The lowest BCUT2D eigenvalue weighted by Crippen LogP contribution is -1.80. The van der Waals surface area contributed by atoms with E-state index in [0.717, 1.165) is 5.56 Å². The molecule has 0 bridgehead atoms. The molecule has 0 aromatic heterocycles. The normalized spacial score (nSPS) is 11.6. The van der Waals surface area contributed by atoms with Crippen LogP contribution < -0.4 is 0 Å². The molecule has 0 aliphatic carbocycles. The van der Waals surface area contributed by atoms with Gasteiger partial charge >= 0.3 is 0 Å². The molecule has 1 nitrogen and oxygen atoms in total. The van der Waals surface area contributed by atoms with E-state index in [1.165, 1.54) is 0 Å². The second kappa shape index (κ2) is 3.44. The van der Waals surface area contributed by atoms with Crippen molar-refractivity contribution in [2.24, 2.45) is 0 Å². The van der Waals surface area contributed by atoms with Crippen molar-refractivity contribution in [2.75, 3.05) is 0 Å². The minimum absolute atomic E-state index is 0.257. The van der Waals surface area contributed by atoms with Crippen LogP contribution in [0.1, 0.15) is 12.5 Å². The lowest BCUT2D eigenvalue weighted by molar-refractivity contribution is 0.511. The van der Waals surface area contributed by atoms with Gasteiger partial charge in [0, 0.05) is 10.6 Å². The molecule has 0 fully saturated rings. The van der Waals surface area contributed by atoms with Crippen LogP contribution in [0, 0.1) is 0 Å². The summed E-state index contributed by atoms with van der Waals surface area (Å²) in [5.41, 5.74) is 0.750. The first-order chi connectivity index (χ1) is 5.24. The van der Waals surface area contributed by atoms with Crippen LogP contribution in [0.3, 0.4) is 0 Å². The first kappa shape index (κ1) is 8.15. The SMILES string of the molecule is C/C=C(\O)c1cccc(Cl)c1. The van der Waals surface area contributed by atoms with Gasteiger partial charge in [0.2, 0.25) is 0 Å². The second-order valence-corrected chi connectivity index (χ2v) is 2.62. The van der Waals surface area contributed by atoms with Crippen molar-refractivity contribution in [3.63, 3.8) is 0 Å². The predicted molar refractivity (Wildman–Crippen MR) is 47.7 cm³/mol. The largest absolute Gasteiger partial charge is 0.508 e. The van der Waals surface area contributed by atoms with Gasteiger partial charge in [-0.2, -0.15) is 0 Å². The summed E-state index contributed by atoms with van der Waals surface area (Å²) in [7, 11) is 0. The highest BCUT2D eigenvalue weighted by Crippen LogP contribution is 2.15. The van der Waals surface area contributed by atoms with Crippen molar-refractivity contribution >= 4 is 17.4 Å². The molecule has 2 heteroatoms. The van der Waals surface area contributed by atoms with E-state index in [9.17, 15) is 5.11 Å². The summed E-state index contributed by atoms with van der Waals surface area (Å²) in [6.07, 6.45) is 1.63. The maximum Gasteiger partial charge on any atom is 0.118 e. The van der Waals surface area contributed by atoms with Gasteiger partial charge in [0.1, 0.15) is 5.76 Å². The van der Waals surface area contributed by atoms with Gasteiger partial charge in [-0.15, -0.1) is 0 Å². The molecule has 58 valence electrons. The van der Waals surface area contributed by atoms with E-state index >= 15 is 0 Å². The Labute approximate surface area is 70.9 Å². The average Bonchev–Trinajstić information content (AvgIpc) is 2.03. The topological polar surface area (TPSA) is 20.2 Å². The summed E-state index contributed by atoms with van der Waals surface area (Å²) in [6.45, 7) is 1.77. The zero-order chi connectivity index (χ0) is 8.27. The molecule has 0 unspecified atom stereocenters. The fourth-order valence-corrected chi connectivity index (χ4v) is 1.00. The number of hydrogen-bond donors (Lipinski definition) is 1. The van der Waals surface area contributed by atoms with Crippen LogP contribution in [0.25, 0.3) is 5.76 Å². The maximum atomic E-state index is 9.26. The molecule has 0 heterocycles. The number of aliphatic hydroxyl groups excluding tert-OH is 1. The van der Waals surface area contributed by atoms with Gasteiger partial charge in [0.05, 0.1) is 0 Å². The molecule has 0 saturated heterocycles. The number of benzene rings is 1. The molecule has 1 rings (SSSR count). The smallest absolute Gasteiger partial charge is 0.118 e. The standard InChI is InChI=1S/C9H9ClO/c1-2-9(11)7-4-3-5-8(10)6-7/h2-6,11H,1H3/b9-2-. The average molecular weight is 169 g/mol. The van der Waals surface area contributed by atoms with Crippen LogP contribution in [0.4, 0.5) is 0 Å². The Morgan fingerprint density at radius 3 is 2.82 bits per heavy atom. The van der Waals surface area contributed by atoms with Gasteiger partial charge < -0.3 is 5.11 Å². The van der Waals surface area contributed by atoms with Crippen molar-refractivity contribution in [1.29, 1.82) is 0 Å². The fourth-order valence-electron chi connectivity index (χ4n) is 0.814. The minimum Gasteiger partial charge on any atom is -0.508 e. The Morgan fingerprint density at radius 1 is 1.55 bits per heavy atom. The molecule has 0 aliphatic heterocycles. The molecular weight excluding hydrogens is 160 g/mol. The zero-order valence-electron chi connectivity index (χ0n) is 6.21. The van der Waals surface area contributed by atoms with Gasteiger partial charge in [-0.3, -0.25) is 0 Å². The molecule has 0 amide bonds. The van der Waals surface area contributed by atoms with Crippen LogP contribution in [0.2, 0.25) is 5.02 Å². The van der Waals surface area contributed by atoms with Crippen LogP contribution >= 0.6 is 11.6 Å². The first-order valence-corrected chi connectivity index (χ1v) is 3.73. The van der Waals surface area contributed by atoms with E-state index in [-0.39, 0.29) is 5.76 Å². The molecule has 0 radical (unpaired) electrons. The number of aliphatic hydroxyl groups is 1. The van der Waals surface area contributed by atoms with Crippen molar-refractivity contribution < 1.29 is 5.11 Å². The van der Waals surface area contributed by atoms with E-state index in [1.54, 1.807) is 37.3 Å². The molecule has 0 atom stereocenters. The Morgan fingerprint density at radius 2 is 2.27 bits per heavy atom. The number of allylic oxidation sites excluding steroid dienone is 1. The number of rotatable bonds is 1. The van der Waals surface area contributed by atoms with Crippen molar-refractivity contribution in [3.8, 4) is 0 Å². The summed E-state index contributed by atoms with van der Waals surface area (Å²) in [6, 6.07) is 7.10. The van der Waals surface area contributed by atoms with Gasteiger partial charge in [0.15, 0.2) is 0 Å². The van der Waals surface area contributed by atoms with E-state index < -0.39 is 0 Å². The van der Waals surface area contributed by atoms with Crippen molar-refractivity contribution in [1.82, 2.24) is 0 Å². The summed E-state index contributed by atoms with van der Waals surface area (Å²) in [5, 5.41) is 9.89. The van der Waals surface area contributed by atoms with Crippen molar-refractivity contribution in [2.45, 2.75) is 6.92 Å². The highest BCUT2D eigenvalue weighted by atomic mass is 35.5. The molecule has 11 heavy (non-hydrogen) atoms. The van der Waals surface area contributed by atoms with Crippen molar-refractivity contribution in [3.05, 3.63) is 40.9 Å². The molecular formula is C9H9ClO. The van der Waals surface area contributed by atoms with E-state index in [4.69, 9.17) is 11.6 Å². The number of halogens is 1. The molecule has 1 aromatic rings. The second-order valence-electron chi connectivity index (χ2n) is 2.18. The summed E-state index contributed by atoms with van der Waals surface area (Å²) >= 11 is 5.71. The quantitative estimate of drug-likeness (QED) is 0.639. The van der Waals surface area contributed by atoms with Crippen LogP contribution in [-0.4, -0.2) is 5.11 Å². The third kappa shape index (κ3) is 1.99. The first-order valence-electron chi connectivity index (χ1n) is 3.35. The highest BCUT2D eigenvalue weighted by molar-refractivity contribution is 6.30. The summed E-state index contributed by atoms with van der Waals surface area (Å²) < 4.78 is 0. The van der Waals surface area contributed by atoms with Crippen LogP contribution in [0.15, 0.2) is 30.3 Å². The van der Waals surface area contributed by atoms with Gasteiger partial charge in [0.25, 0.3) is 0 Å². The van der Waals surface area contributed by atoms with Gasteiger partial charge in [-0.1, -0.05) is 23.7 Å².